The zero-order chi connectivity index (χ0) is 12.1. The number of piperidine rings is 1. The molecule has 0 saturated carbocycles. The van der Waals surface area contributed by atoms with E-state index in [1.54, 1.807) is 6.20 Å². The molecule has 0 bridgehead atoms. The maximum atomic E-state index is 8.79. The van der Waals surface area contributed by atoms with Crippen LogP contribution in [0.25, 0.3) is 0 Å². The predicted molar refractivity (Wildman–Crippen MR) is 66.0 cm³/mol. The van der Waals surface area contributed by atoms with Crippen molar-refractivity contribution < 1.29 is 0 Å². The Labute approximate surface area is 102 Å². The summed E-state index contributed by atoms with van der Waals surface area (Å²) in [7, 11) is 0. The Balaban J connectivity index is 1.91. The van der Waals surface area contributed by atoms with Gasteiger partial charge in [0.05, 0.1) is 0 Å². The lowest BCUT2D eigenvalue weighted by Gasteiger charge is -2.31. The predicted octanol–water partition coefficient (Wildman–Crippen LogP) is 1.12. The molecular weight excluding hydrogens is 212 g/mol. The molecule has 0 spiro atoms. The summed E-state index contributed by atoms with van der Waals surface area (Å²) in [6, 6.07) is 5.93. The van der Waals surface area contributed by atoms with Gasteiger partial charge in [-0.15, -0.1) is 0 Å². The Morgan fingerprint density at radius 1 is 1.47 bits per heavy atom. The number of nitriles is 1. The van der Waals surface area contributed by atoms with Crippen molar-refractivity contribution >= 4 is 0 Å². The van der Waals surface area contributed by atoms with E-state index in [0.29, 0.717) is 11.6 Å². The van der Waals surface area contributed by atoms with Crippen molar-refractivity contribution in [3.63, 3.8) is 0 Å². The van der Waals surface area contributed by atoms with Gasteiger partial charge in [-0.1, -0.05) is 0 Å². The number of pyridine rings is 1. The fourth-order valence-corrected chi connectivity index (χ4v) is 2.27. The quantitative estimate of drug-likeness (QED) is 0.845. The molecular formula is C13H18N4. The van der Waals surface area contributed by atoms with Crippen molar-refractivity contribution in [3.8, 4) is 6.07 Å². The number of rotatable bonds is 3. The monoisotopic (exact) mass is 230 g/mol. The van der Waals surface area contributed by atoms with Crippen LogP contribution in [0.4, 0.5) is 0 Å². The van der Waals surface area contributed by atoms with Gasteiger partial charge in [0.2, 0.25) is 0 Å². The molecule has 1 aromatic rings. The Morgan fingerprint density at radius 2 is 2.24 bits per heavy atom. The number of nitrogens with zero attached hydrogens (tertiary/aromatic N) is 3. The Hall–Kier alpha value is -1.44. The second-order valence-corrected chi connectivity index (χ2v) is 4.62. The van der Waals surface area contributed by atoms with E-state index in [9.17, 15) is 0 Å². The van der Waals surface area contributed by atoms with Gasteiger partial charge >= 0.3 is 0 Å². The standard InChI is InChI=1S/C13H18N4/c14-8-11-2-5-17(6-3-11)10-12-1-4-16-13(7-12)9-15/h1,4,7,11H,2-3,5-6,8,10,14H2. The molecule has 1 aliphatic rings. The van der Waals surface area contributed by atoms with Crippen LogP contribution in [0.1, 0.15) is 24.1 Å². The average molecular weight is 230 g/mol. The highest BCUT2D eigenvalue weighted by Crippen LogP contribution is 2.17. The van der Waals surface area contributed by atoms with Gasteiger partial charge in [0.25, 0.3) is 0 Å². The molecule has 0 radical (unpaired) electrons. The zero-order valence-corrected chi connectivity index (χ0v) is 9.97. The van der Waals surface area contributed by atoms with Gasteiger partial charge in [0.1, 0.15) is 11.8 Å². The molecule has 17 heavy (non-hydrogen) atoms. The number of hydrogen-bond acceptors (Lipinski definition) is 4. The van der Waals surface area contributed by atoms with Crippen LogP contribution in [-0.2, 0) is 6.54 Å². The van der Waals surface area contributed by atoms with Gasteiger partial charge in [-0.3, -0.25) is 4.90 Å². The van der Waals surface area contributed by atoms with E-state index in [-0.39, 0.29) is 0 Å². The SMILES string of the molecule is N#Cc1cc(CN2CCC(CN)CC2)ccn1. The number of aromatic nitrogens is 1. The third kappa shape index (κ3) is 3.26. The van der Waals surface area contributed by atoms with Crippen LogP contribution in [0.3, 0.4) is 0 Å². The number of likely N-dealkylation sites (tertiary alicyclic amines) is 1. The lowest BCUT2D eigenvalue weighted by Crippen LogP contribution is -2.35. The summed E-state index contributed by atoms with van der Waals surface area (Å²) in [5.74, 6) is 0.693. The molecule has 1 fully saturated rings. The van der Waals surface area contributed by atoms with E-state index < -0.39 is 0 Å². The summed E-state index contributed by atoms with van der Waals surface area (Å²) in [6.07, 6.45) is 4.08. The molecule has 0 unspecified atom stereocenters. The highest BCUT2D eigenvalue weighted by molar-refractivity contribution is 5.25. The third-order valence-corrected chi connectivity index (χ3v) is 3.39. The maximum absolute atomic E-state index is 8.79. The van der Waals surface area contributed by atoms with E-state index >= 15 is 0 Å². The first-order chi connectivity index (χ1) is 8.31. The fourth-order valence-electron chi connectivity index (χ4n) is 2.27. The summed E-state index contributed by atoms with van der Waals surface area (Å²) in [5.41, 5.74) is 7.34. The molecule has 2 rings (SSSR count). The highest BCUT2D eigenvalue weighted by Gasteiger charge is 2.17. The lowest BCUT2D eigenvalue weighted by molar-refractivity contribution is 0.180. The van der Waals surface area contributed by atoms with Crippen molar-refractivity contribution in [2.75, 3.05) is 19.6 Å². The van der Waals surface area contributed by atoms with Gasteiger partial charge in [0, 0.05) is 12.7 Å². The number of hydrogen-bond donors (Lipinski definition) is 1. The molecule has 2 N–H and O–H groups in total. The first kappa shape index (κ1) is 12.0. The Morgan fingerprint density at radius 3 is 2.88 bits per heavy atom. The van der Waals surface area contributed by atoms with E-state index in [2.05, 4.69) is 16.0 Å². The van der Waals surface area contributed by atoms with Gasteiger partial charge in [-0.05, 0) is 56.1 Å². The fraction of sp³-hybridized carbons (Fsp3) is 0.538. The van der Waals surface area contributed by atoms with Gasteiger partial charge in [-0.25, -0.2) is 4.98 Å². The highest BCUT2D eigenvalue weighted by atomic mass is 15.1. The van der Waals surface area contributed by atoms with E-state index in [1.165, 1.54) is 18.4 Å². The Kier molecular flexibility index (Phi) is 4.08. The van der Waals surface area contributed by atoms with E-state index in [4.69, 9.17) is 11.0 Å². The minimum Gasteiger partial charge on any atom is -0.330 e. The first-order valence-electron chi connectivity index (χ1n) is 6.09. The third-order valence-electron chi connectivity index (χ3n) is 3.39. The minimum absolute atomic E-state index is 0.499. The zero-order valence-electron chi connectivity index (χ0n) is 9.97. The summed E-state index contributed by atoms with van der Waals surface area (Å²) in [5, 5.41) is 8.79. The molecule has 1 aromatic heterocycles. The second kappa shape index (κ2) is 5.76. The van der Waals surface area contributed by atoms with Gasteiger partial charge in [0.15, 0.2) is 0 Å². The van der Waals surface area contributed by atoms with Gasteiger partial charge < -0.3 is 5.73 Å². The van der Waals surface area contributed by atoms with Crippen LogP contribution in [0.15, 0.2) is 18.3 Å². The second-order valence-electron chi connectivity index (χ2n) is 4.62. The minimum atomic E-state index is 0.499. The van der Waals surface area contributed by atoms with Crippen molar-refractivity contribution in [1.29, 1.82) is 5.26 Å². The molecule has 1 aliphatic heterocycles. The van der Waals surface area contributed by atoms with Crippen LogP contribution in [0.2, 0.25) is 0 Å². The lowest BCUT2D eigenvalue weighted by atomic mass is 9.97. The van der Waals surface area contributed by atoms with Crippen LogP contribution < -0.4 is 5.73 Å². The smallest absolute Gasteiger partial charge is 0.140 e. The van der Waals surface area contributed by atoms with E-state index in [1.807, 2.05) is 12.1 Å². The van der Waals surface area contributed by atoms with Crippen LogP contribution in [0.5, 0.6) is 0 Å². The molecule has 90 valence electrons. The molecule has 0 atom stereocenters. The topological polar surface area (TPSA) is 65.9 Å². The van der Waals surface area contributed by atoms with Crippen LogP contribution in [0, 0.1) is 17.2 Å². The molecule has 0 amide bonds. The molecule has 2 heterocycles. The summed E-state index contributed by atoms with van der Waals surface area (Å²) < 4.78 is 0. The van der Waals surface area contributed by atoms with Crippen LogP contribution >= 0.6 is 0 Å². The van der Waals surface area contributed by atoms with Crippen molar-refractivity contribution in [2.24, 2.45) is 11.7 Å². The molecule has 4 heteroatoms. The largest absolute Gasteiger partial charge is 0.330 e. The molecule has 4 nitrogen and oxygen atoms in total. The van der Waals surface area contributed by atoms with Crippen molar-refractivity contribution in [1.82, 2.24) is 9.88 Å². The van der Waals surface area contributed by atoms with E-state index in [0.717, 1.165) is 26.2 Å². The average Bonchev–Trinajstić information content (AvgIpc) is 2.40. The normalized spacial score (nSPS) is 17.9. The van der Waals surface area contributed by atoms with Crippen molar-refractivity contribution in [2.45, 2.75) is 19.4 Å². The van der Waals surface area contributed by atoms with Gasteiger partial charge in [-0.2, -0.15) is 5.26 Å². The molecule has 0 aromatic carbocycles. The molecule has 1 saturated heterocycles. The summed E-state index contributed by atoms with van der Waals surface area (Å²) >= 11 is 0. The summed E-state index contributed by atoms with van der Waals surface area (Å²) in [6.45, 7) is 3.92. The number of nitrogens with two attached hydrogens (primary N) is 1. The summed E-state index contributed by atoms with van der Waals surface area (Å²) in [4.78, 5) is 6.40. The van der Waals surface area contributed by atoms with Crippen molar-refractivity contribution in [3.05, 3.63) is 29.6 Å². The maximum Gasteiger partial charge on any atom is 0.140 e. The Bertz CT molecular complexity index is 402. The first-order valence-corrected chi connectivity index (χ1v) is 6.09. The molecule has 0 aliphatic carbocycles. The van der Waals surface area contributed by atoms with Crippen LogP contribution in [-0.4, -0.2) is 29.5 Å².